The zero-order valence-electron chi connectivity index (χ0n) is 9.05. The molecule has 0 saturated heterocycles. The van der Waals surface area contributed by atoms with Crippen LogP contribution in [0.4, 0.5) is 5.69 Å². The predicted molar refractivity (Wildman–Crippen MR) is 66.5 cm³/mol. The van der Waals surface area contributed by atoms with Crippen molar-refractivity contribution >= 4 is 17.0 Å². The number of hydrogen-bond acceptors (Lipinski definition) is 4. The second kappa shape index (κ2) is 5.09. The maximum absolute atomic E-state index is 9.04. The van der Waals surface area contributed by atoms with Crippen LogP contribution in [0.3, 0.4) is 0 Å². The Hall–Kier alpha value is -1.39. The standard InChI is InChI=1S/C12H14N2OS/c1-9(12-7-16-8-13-12)14-11-4-2-3-10(5-11)6-15/h2-5,7-9,14-15H,6H2,1H3. The summed E-state index contributed by atoms with van der Waals surface area (Å²) in [5, 5.41) is 14.4. The molecule has 0 fully saturated rings. The van der Waals surface area contributed by atoms with Crippen LogP contribution in [0.25, 0.3) is 0 Å². The lowest BCUT2D eigenvalue weighted by atomic mass is 10.2. The molecule has 0 spiro atoms. The molecule has 2 rings (SSSR count). The van der Waals surface area contributed by atoms with E-state index in [9.17, 15) is 0 Å². The van der Waals surface area contributed by atoms with E-state index in [1.165, 1.54) is 0 Å². The molecule has 1 atom stereocenters. The van der Waals surface area contributed by atoms with E-state index in [0.29, 0.717) is 0 Å². The van der Waals surface area contributed by atoms with Gasteiger partial charge in [-0.3, -0.25) is 0 Å². The van der Waals surface area contributed by atoms with Crippen molar-refractivity contribution in [2.75, 3.05) is 5.32 Å². The quantitative estimate of drug-likeness (QED) is 0.855. The summed E-state index contributed by atoms with van der Waals surface area (Å²) in [6.07, 6.45) is 0. The van der Waals surface area contributed by atoms with Crippen LogP contribution in [0.5, 0.6) is 0 Å². The molecule has 0 aliphatic carbocycles. The number of nitrogens with one attached hydrogen (secondary N) is 1. The van der Waals surface area contributed by atoms with E-state index in [4.69, 9.17) is 5.11 Å². The molecule has 1 aromatic heterocycles. The maximum atomic E-state index is 9.04. The fourth-order valence-electron chi connectivity index (χ4n) is 1.52. The molecular formula is C12H14N2OS. The molecule has 0 aliphatic heterocycles. The van der Waals surface area contributed by atoms with Gasteiger partial charge in [0, 0.05) is 11.1 Å². The second-order valence-corrected chi connectivity index (χ2v) is 4.36. The van der Waals surface area contributed by atoms with Gasteiger partial charge in [-0.15, -0.1) is 11.3 Å². The zero-order chi connectivity index (χ0) is 11.4. The molecule has 4 heteroatoms. The highest BCUT2D eigenvalue weighted by Gasteiger charge is 2.06. The first-order valence-electron chi connectivity index (χ1n) is 5.14. The number of aliphatic hydroxyl groups excluding tert-OH is 1. The Morgan fingerprint density at radius 3 is 3.06 bits per heavy atom. The minimum absolute atomic E-state index is 0.0700. The average molecular weight is 234 g/mol. The number of thiazole rings is 1. The predicted octanol–water partition coefficient (Wildman–Crippen LogP) is 2.81. The van der Waals surface area contributed by atoms with Gasteiger partial charge in [-0.05, 0) is 24.6 Å². The Morgan fingerprint density at radius 1 is 1.50 bits per heavy atom. The van der Waals surface area contributed by atoms with Crippen molar-refractivity contribution in [1.82, 2.24) is 4.98 Å². The number of nitrogens with zero attached hydrogens (tertiary/aromatic N) is 1. The minimum Gasteiger partial charge on any atom is -0.392 e. The van der Waals surface area contributed by atoms with E-state index < -0.39 is 0 Å². The molecular weight excluding hydrogens is 220 g/mol. The SMILES string of the molecule is CC(Nc1cccc(CO)c1)c1cscn1. The fraction of sp³-hybridized carbons (Fsp3) is 0.250. The topological polar surface area (TPSA) is 45.1 Å². The molecule has 1 unspecified atom stereocenters. The molecule has 16 heavy (non-hydrogen) atoms. The van der Waals surface area contributed by atoms with E-state index in [0.717, 1.165) is 16.9 Å². The van der Waals surface area contributed by atoms with Gasteiger partial charge < -0.3 is 10.4 Å². The van der Waals surface area contributed by atoms with Gasteiger partial charge >= 0.3 is 0 Å². The van der Waals surface area contributed by atoms with Crippen molar-refractivity contribution in [3.63, 3.8) is 0 Å². The Kier molecular flexibility index (Phi) is 3.54. The molecule has 0 aliphatic rings. The van der Waals surface area contributed by atoms with Gasteiger partial charge in [0.2, 0.25) is 0 Å². The van der Waals surface area contributed by atoms with Crippen molar-refractivity contribution in [2.45, 2.75) is 19.6 Å². The van der Waals surface area contributed by atoms with E-state index in [-0.39, 0.29) is 12.6 Å². The fourth-order valence-corrected chi connectivity index (χ4v) is 2.17. The molecule has 84 valence electrons. The minimum atomic E-state index is 0.0700. The van der Waals surface area contributed by atoms with Gasteiger partial charge in [0.25, 0.3) is 0 Å². The first kappa shape index (κ1) is 11.1. The van der Waals surface area contributed by atoms with Gasteiger partial charge in [-0.2, -0.15) is 0 Å². The van der Waals surface area contributed by atoms with Crippen LogP contribution in [0.1, 0.15) is 24.2 Å². The Balaban J connectivity index is 2.08. The molecule has 0 saturated carbocycles. The molecule has 2 N–H and O–H groups in total. The van der Waals surface area contributed by atoms with Gasteiger partial charge in [-0.1, -0.05) is 12.1 Å². The van der Waals surface area contributed by atoms with Gasteiger partial charge in [0.15, 0.2) is 0 Å². The molecule has 2 aromatic rings. The highest BCUT2D eigenvalue weighted by molar-refractivity contribution is 7.07. The summed E-state index contributed by atoms with van der Waals surface area (Å²) in [6.45, 7) is 2.14. The van der Waals surface area contributed by atoms with Crippen LogP contribution in [0.15, 0.2) is 35.2 Å². The molecule has 1 heterocycles. The Labute approximate surface area is 98.8 Å². The Morgan fingerprint density at radius 2 is 2.38 bits per heavy atom. The molecule has 1 aromatic carbocycles. The summed E-state index contributed by atoms with van der Waals surface area (Å²) in [5.74, 6) is 0. The van der Waals surface area contributed by atoms with Crippen molar-refractivity contribution in [2.24, 2.45) is 0 Å². The van der Waals surface area contributed by atoms with Crippen LogP contribution in [-0.4, -0.2) is 10.1 Å². The number of rotatable bonds is 4. The van der Waals surface area contributed by atoms with Crippen molar-refractivity contribution in [1.29, 1.82) is 0 Å². The van der Waals surface area contributed by atoms with Crippen LogP contribution < -0.4 is 5.32 Å². The lowest BCUT2D eigenvalue weighted by Crippen LogP contribution is -2.06. The normalized spacial score (nSPS) is 12.4. The third-order valence-corrected chi connectivity index (χ3v) is 2.99. The first-order chi connectivity index (χ1) is 7.79. The van der Waals surface area contributed by atoms with Gasteiger partial charge in [0.1, 0.15) is 0 Å². The summed E-state index contributed by atoms with van der Waals surface area (Å²) in [6, 6.07) is 7.95. The molecule has 0 bridgehead atoms. The van der Waals surface area contributed by atoms with Crippen LogP contribution >= 0.6 is 11.3 Å². The third kappa shape index (κ3) is 2.59. The number of benzene rings is 1. The summed E-state index contributed by atoms with van der Waals surface area (Å²) >= 11 is 1.60. The average Bonchev–Trinajstić information content (AvgIpc) is 2.83. The van der Waals surface area contributed by atoms with Crippen molar-refractivity contribution in [3.05, 3.63) is 46.4 Å². The largest absolute Gasteiger partial charge is 0.392 e. The first-order valence-corrected chi connectivity index (χ1v) is 6.08. The molecule has 0 radical (unpaired) electrons. The van der Waals surface area contributed by atoms with E-state index in [1.54, 1.807) is 11.3 Å². The summed E-state index contributed by atoms with van der Waals surface area (Å²) < 4.78 is 0. The lowest BCUT2D eigenvalue weighted by Gasteiger charge is -2.13. The smallest absolute Gasteiger partial charge is 0.0795 e. The monoisotopic (exact) mass is 234 g/mol. The Bertz CT molecular complexity index is 442. The summed E-state index contributed by atoms with van der Waals surface area (Å²) in [4.78, 5) is 4.26. The van der Waals surface area contributed by atoms with Crippen molar-refractivity contribution < 1.29 is 5.11 Å². The summed E-state index contributed by atoms with van der Waals surface area (Å²) in [5.41, 5.74) is 4.79. The second-order valence-electron chi connectivity index (χ2n) is 3.64. The molecule has 0 amide bonds. The zero-order valence-corrected chi connectivity index (χ0v) is 9.87. The van der Waals surface area contributed by atoms with Crippen LogP contribution in [0, 0.1) is 0 Å². The van der Waals surface area contributed by atoms with E-state index in [1.807, 2.05) is 35.2 Å². The van der Waals surface area contributed by atoms with Gasteiger partial charge in [0.05, 0.1) is 23.9 Å². The van der Waals surface area contributed by atoms with E-state index >= 15 is 0 Å². The number of hydrogen-bond donors (Lipinski definition) is 2. The lowest BCUT2D eigenvalue weighted by molar-refractivity contribution is 0.282. The highest BCUT2D eigenvalue weighted by Crippen LogP contribution is 2.19. The number of anilines is 1. The van der Waals surface area contributed by atoms with E-state index in [2.05, 4.69) is 17.2 Å². The molecule has 3 nitrogen and oxygen atoms in total. The van der Waals surface area contributed by atoms with Crippen molar-refractivity contribution in [3.8, 4) is 0 Å². The number of aliphatic hydroxyl groups is 1. The third-order valence-electron chi connectivity index (χ3n) is 2.39. The van der Waals surface area contributed by atoms with Gasteiger partial charge in [-0.25, -0.2) is 4.98 Å². The maximum Gasteiger partial charge on any atom is 0.0795 e. The highest BCUT2D eigenvalue weighted by atomic mass is 32.1. The number of aromatic nitrogens is 1. The summed E-state index contributed by atoms with van der Waals surface area (Å²) in [7, 11) is 0. The van der Waals surface area contributed by atoms with Crippen LogP contribution in [-0.2, 0) is 6.61 Å². The van der Waals surface area contributed by atoms with Crippen LogP contribution in [0.2, 0.25) is 0 Å².